The summed E-state index contributed by atoms with van der Waals surface area (Å²) in [5, 5.41) is 3.76. The minimum absolute atomic E-state index is 0.163. The highest BCUT2D eigenvalue weighted by molar-refractivity contribution is 7.92. The summed E-state index contributed by atoms with van der Waals surface area (Å²) in [6, 6.07) is 21.3. The van der Waals surface area contributed by atoms with Crippen LogP contribution in [0.25, 0.3) is 0 Å². The number of nitrogens with zero attached hydrogens (tertiary/aromatic N) is 1. The molecule has 0 aromatic heterocycles. The molecule has 8 heteroatoms. The van der Waals surface area contributed by atoms with Crippen molar-refractivity contribution in [2.45, 2.75) is 51.3 Å². The Labute approximate surface area is 218 Å². The number of rotatable bonds is 8. The molecule has 1 atom stereocenters. The summed E-state index contributed by atoms with van der Waals surface area (Å²) in [6.07, 6.45) is 3.53. The average molecular weight is 527 g/mol. The third kappa shape index (κ3) is 5.68. The van der Waals surface area contributed by atoms with E-state index in [1.165, 1.54) is 10.6 Å². The Morgan fingerprint density at radius 2 is 1.67 bits per heavy atom. The zero-order valence-corrected chi connectivity index (χ0v) is 22.3. The van der Waals surface area contributed by atoms with Gasteiger partial charge in [-0.3, -0.25) is 9.10 Å². The first-order valence-electron chi connectivity index (χ1n) is 12.0. The predicted molar refractivity (Wildman–Crippen MR) is 144 cm³/mol. The molecule has 6 nitrogen and oxygen atoms in total. The second-order valence-corrected chi connectivity index (χ2v) is 11.5. The molecule has 1 unspecified atom stereocenters. The van der Waals surface area contributed by atoms with E-state index >= 15 is 0 Å². The number of benzene rings is 3. The summed E-state index contributed by atoms with van der Waals surface area (Å²) in [5.41, 5.74) is 2.39. The maximum Gasteiger partial charge on any atom is 0.251 e. The number of fused-ring (bicyclic) bond motifs is 1. The van der Waals surface area contributed by atoms with Crippen LogP contribution in [0.2, 0.25) is 5.02 Å². The zero-order chi connectivity index (χ0) is 25.9. The first-order valence-corrected chi connectivity index (χ1v) is 14.3. The van der Waals surface area contributed by atoms with Crippen LogP contribution in [0, 0.1) is 0 Å². The van der Waals surface area contributed by atoms with Crippen LogP contribution >= 0.6 is 11.6 Å². The van der Waals surface area contributed by atoms with Crippen LogP contribution in [0.15, 0.2) is 72.8 Å². The van der Waals surface area contributed by atoms with Gasteiger partial charge in [0, 0.05) is 22.6 Å². The first kappa shape index (κ1) is 26.0. The molecule has 0 saturated carbocycles. The summed E-state index contributed by atoms with van der Waals surface area (Å²) < 4.78 is 32.7. The van der Waals surface area contributed by atoms with Gasteiger partial charge in [0.25, 0.3) is 5.91 Å². The van der Waals surface area contributed by atoms with Crippen molar-refractivity contribution in [3.63, 3.8) is 0 Å². The summed E-state index contributed by atoms with van der Waals surface area (Å²) in [7, 11) is -3.55. The highest BCUT2D eigenvalue weighted by Gasteiger charge is 2.39. The lowest BCUT2D eigenvalue weighted by Crippen LogP contribution is -2.44. The Bertz CT molecular complexity index is 1320. The molecule has 0 saturated heterocycles. The van der Waals surface area contributed by atoms with E-state index in [0.717, 1.165) is 29.7 Å². The lowest BCUT2D eigenvalue weighted by atomic mass is 9.83. The number of nitrogens with one attached hydrogen (secondary N) is 1. The molecule has 1 amide bonds. The Morgan fingerprint density at radius 3 is 2.28 bits per heavy atom. The Kier molecular flexibility index (Phi) is 7.62. The number of ether oxygens (including phenoxy) is 1. The van der Waals surface area contributed by atoms with E-state index in [1.54, 1.807) is 48.5 Å². The smallest absolute Gasteiger partial charge is 0.251 e. The van der Waals surface area contributed by atoms with Crippen molar-refractivity contribution in [3.05, 3.63) is 94.5 Å². The second kappa shape index (κ2) is 10.5. The van der Waals surface area contributed by atoms with E-state index < -0.39 is 10.0 Å². The first-order chi connectivity index (χ1) is 17.1. The molecule has 4 rings (SSSR count). The van der Waals surface area contributed by atoms with E-state index in [-0.39, 0.29) is 24.1 Å². The minimum atomic E-state index is -3.55. The van der Waals surface area contributed by atoms with Crippen LogP contribution in [-0.4, -0.2) is 26.2 Å². The number of hydrogen-bond acceptors (Lipinski definition) is 4. The summed E-state index contributed by atoms with van der Waals surface area (Å²) in [6.45, 7) is 4.37. The van der Waals surface area contributed by atoms with Gasteiger partial charge in [-0.25, -0.2) is 8.42 Å². The quantitative estimate of drug-likeness (QED) is 0.383. The van der Waals surface area contributed by atoms with Crippen LogP contribution in [0.4, 0.5) is 5.69 Å². The SMILES string of the molecule is CCC1(CC)CC(NC(=O)c2ccc(N(Cc3ccc(Cl)cc3)S(C)(=O)=O)cc2)c2ccccc2O1. The number of anilines is 1. The van der Waals surface area contributed by atoms with Crippen molar-refractivity contribution >= 4 is 33.2 Å². The van der Waals surface area contributed by atoms with Gasteiger partial charge >= 0.3 is 0 Å². The van der Waals surface area contributed by atoms with E-state index in [2.05, 4.69) is 19.2 Å². The van der Waals surface area contributed by atoms with Crippen molar-refractivity contribution in [3.8, 4) is 5.75 Å². The number of hydrogen-bond donors (Lipinski definition) is 1. The maximum atomic E-state index is 13.2. The molecule has 3 aromatic carbocycles. The zero-order valence-electron chi connectivity index (χ0n) is 20.7. The molecule has 190 valence electrons. The Morgan fingerprint density at radius 1 is 1.03 bits per heavy atom. The van der Waals surface area contributed by atoms with Gasteiger partial charge in [0.1, 0.15) is 11.4 Å². The third-order valence-electron chi connectivity index (χ3n) is 6.85. The fraction of sp³-hybridized carbons (Fsp3) is 0.321. The van der Waals surface area contributed by atoms with Crippen LogP contribution < -0.4 is 14.4 Å². The van der Waals surface area contributed by atoms with Crippen LogP contribution in [-0.2, 0) is 16.6 Å². The summed E-state index contributed by atoms with van der Waals surface area (Å²) in [4.78, 5) is 13.2. The second-order valence-electron chi connectivity index (χ2n) is 9.20. The van der Waals surface area contributed by atoms with Crippen LogP contribution in [0.1, 0.15) is 60.6 Å². The molecule has 36 heavy (non-hydrogen) atoms. The third-order valence-corrected chi connectivity index (χ3v) is 8.24. The van der Waals surface area contributed by atoms with Gasteiger partial charge in [0.15, 0.2) is 0 Å². The summed E-state index contributed by atoms with van der Waals surface area (Å²) >= 11 is 5.96. The van der Waals surface area contributed by atoms with E-state index in [9.17, 15) is 13.2 Å². The van der Waals surface area contributed by atoms with E-state index in [0.29, 0.717) is 22.7 Å². The molecule has 1 aliphatic rings. The fourth-order valence-corrected chi connectivity index (χ4v) is 5.62. The molecular weight excluding hydrogens is 496 g/mol. The normalized spacial score (nSPS) is 16.5. The lowest BCUT2D eigenvalue weighted by Gasteiger charge is -2.41. The highest BCUT2D eigenvalue weighted by Crippen LogP contribution is 2.42. The number of sulfonamides is 1. The van der Waals surface area contributed by atoms with Gasteiger partial charge in [0.05, 0.1) is 24.5 Å². The monoisotopic (exact) mass is 526 g/mol. The van der Waals surface area contributed by atoms with E-state index in [1.807, 2.05) is 24.3 Å². The van der Waals surface area contributed by atoms with E-state index in [4.69, 9.17) is 16.3 Å². The molecular formula is C28H31ClN2O4S. The van der Waals surface area contributed by atoms with Gasteiger partial charge in [-0.15, -0.1) is 0 Å². The molecule has 0 bridgehead atoms. The number of para-hydroxylation sites is 1. The molecule has 1 heterocycles. The molecule has 1 N–H and O–H groups in total. The van der Waals surface area contributed by atoms with Gasteiger partial charge in [-0.2, -0.15) is 0 Å². The number of carbonyl (C=O) groups excluding carboxylic acids is 1. The number of amides is 1. The molecule has 0 spiro atoms. The molecule has 3 aromatic rings. The standard InChI is InChI=1S/C28H31ClN2O4S/c1-4-28(5-2)18-25(24-8-6-7-9-26(24)35-28)30-27(32)21-12-16-23(17-13-21)31(36(3,33)34)19-20-10-14-22(29)15-11-20/h6-17,25H,4-5,18-19H2,1-3H3,(H,30,32). The number of halogens is 1. The van der Waals surface area contributed by atoms with Crippen LogP contribution in [0.5, 0.6) is 5.75 Å². The van der Waals surface area contributed by atoms with Gasteiger partial charge < -0.3 is 10.1 Å². The molecule has 0 radical (unpaired) electrons. The van der Waals surface area contributed by atoms with Crippen molar-refractivity contribution in [1.29, 1.82) is 0 Å². The fourth-order valence-electron chi connectivity index (χ4n) is 4.61. The van der Waals surface area contributed by atoms with Gasteiger partial charge in [-0.1, -0.05) is 55.8 Å². The topological polar surface area (TPSA) is 75.7 Å². The lowest BCUT2D eigenvalue weighted by molar-refractivity contribution is 0.0227. The number of carbonyl (C=O) groups is 1. The van der Waals surface area contributed by atoms with Crippen molar-refractivity contribution in [2.24, 2.45) is 0 Å². The summed E-state index contributed by atoms with van der Waals surface area (Å²) in [5.74, 6) is 0.590. The minimum Gasteiger partial charge on any atom is -0.487 e. The maximum absolute atomic E-state index is 13.2. The molecule has 1 aliphatic heterocycles. The molecule has 0 fully saturated rings. The average Bonchev–Trinajstić information content (AvgIpc) is 2.87. The van der Waals surface area contributed by atoms with Gasteiger partial charge in [0.2, 0.25) is 10.0 Å². The van der Waals surface area contributed by atoms with Crippen molar-refractivity contribution in [2.75, 3.05) is 10.6 Å². The largest absolute Gasteiger partial charge is 0.487 e. The highest BCUT2D eigenvalue weighted by atomic mass is 35.5. The Balaban J connectivity index is 1.54. The van der Waals surface area contributed by atoms with Gasteiger partial charge in [-0.05, 0) is 60.9 Å². The predicted octanol–water partition coefficient (Wildman–Crippen LogP) is 6.12. The van der Waals surface area contributed by atoms with Crippen molar-refractivity contribution in [1.82, 2.24) is 5.32 Å². The van der Waals surface area contributed by atoms with Crippen LogP contribution in [0.3, 0.4) is 0 Å². The van der Waals surface area contributed by atoms with Crippen molar-refractivity contribution < 1.29 is 17.9 Å². The molecule has 0 aliphatic carbocycles. The Hall–Kier alpha value is -3.03.